The summed E-state index contributed by atoms with van der Waals surface area (Å²) in [5, 5.41) is 0. The van der Waals surface area contributed by atoms with E-state index in [1.165, 1.54) is 11.1 Å². The zero-order valence-electron chi connectivity index (χ0n) is 14.3. The topological polar surface area (TPSA) is 49.9 Å². The summed E-state index contributed by atoms with van der Waals surface area (Å²) < 4.78 is 5.52. The first-order valence-corrected chi connectivity index (χ1v) is 8.14. The lowest BCUT2D eigenvalue weighted by molar-refractivity contribution is -0.116. The maximum atomic E-state index is 12.4. The fourth-order valence-electron chi connectivity index (χ4n) is 3.49. The third kappa shape index (κ3) is 3.05. The molecule has 1 aromatic carbocycles. The molecule has 0 saturated carbocycles. The van der Waals surface area contributed by atoms with E-state index >= 15 is 0 Å². The molecule has 0 aliphatic carbocycles. The van der Waals surface area contributed by atoms with Crippen LogP contribution in [-0.4, -0.2) is 42.1 Å². The van der Waals surface area contributed by atoms with E-state index in [9.17, 15) is 9.59 Å². The molecule has 2 amide bonds. The molecular weight excluding hydrogens is 292 g/mol. The molecule has 0 fully saturated rings. The van der Waals surface area contributed by atoms with Crippen LogP contribution >= 0.6 is 0 Å². The van der Waals surface area contributed by atoms with Gasteiger partial charge in [0.1, 0.15) is 5.60 Å². The number of carbonyl (C=O) groups is 2. The Balaban J connectivity index is 1.87. The van der Waals surface area contributed by atoms with E-state index in [2.05, 4.69) is 6.07 Å². The maximum absolute atomic E-state index is 12.4. The third-order valence-corrected chi connectivity index (χ3v) is 4.40. The number of ether oxygens (including phenoxy) is 1. The predicted octanol–water partition coefficient (Wildman–Crippen LogP) is 2.93. The van der Waals surface area contributed by atoms with Crippen LogP contribution in [0.3, 0.4) is 0 Å². The van der Waals surface area contributed by atoms with E-state index in [0.29, 0.717) is 19.6 Å². The van der Waals surface area contributed by atoms with Crippen molar-refractivity contribution in [2.24, 2.45) is 0 Å². The largest absolute Gasteiger partial charge is 0.444 e. The zero-order chi connectivity index (χ0) is 16.8. The third-order valence-electron chi connectivity index (χ3n) is 4.40. The van der Waals surface area contributed by atoms with Crippen molar-refractivity contribution in [3.05, 3.63) is 29.3 Å². The van der Waals surface area contributed by atoms with Gasteiger partial charge in [0.05, 0.1) is 0 Å². The number of hydrogen-bond acceptors (Lipinski definition) is 3. The Kier molecular flexibility index (Phi) is 3.82. The van der Waals surface area contributed by atoms with Crippen LogP contribution in [0, 0.1) is 0 Å². The minimum absolute atomic E-state index is 0.0512. The molecule has 3 rings (SSSR count). The second kappa shape index (κ2) is 5.55. The minimum Gasteiger partial charge on any atom is -0.444 e. The van der Waals surface area contributed by atoms with Gasteiger partial charge in [-0.3, -0.25) is 4.79 Å². The number of benzene rings is 1. The van der Waals surface area contributed by atoms with Gasteiger partial charge in [-0.25, -0.2) is 4.79 Å². The average molecular weight is 316 g/mol. The molecule has 0 N–H and O–H groups in total. The number of amides is 2. The Labute approximate surface area is 137 Å². The summed E-state index contributed by atoms with van der Waals surface area (Å²) in [6.07, 6.45) is 0.526. The van der Waals surface area contributed by atoms with Crippen LogP contribution in [0.4, 0.5) is 10.5 Å². The monoisotopic (exact) mass is 316 g/mol. The van der Waals surface area contributed by atoms with Crippen molar-refractivity contribution < 1.29 is 14.3 Å². The van der Waals surface area contributed by atoms with E-state index in [0.717, 1.165) is 12.1 Å². The molecule has 23 heavy (non-hydrogen) atoms. The number of rotatable bonds is 0. The predicted molar refractivity (Wildman–Crippen MR) is 88.7 cm³/mol. The van der Waals surface area contributed by atoms with Gasteiger partial charge in [0.15, 0.2) is 0 Å². The van der Waals surface area contributed by atoms with Gasteiger partial charge in [-0.1, -0.05) is 12.1 Å². The molecule has 2 aliphatic heterocycles. The Morgan fingerprint density at radius 1 is 1.22 bits per heavy atom. The highest BCUT2D eigenvalue weighted by Crippen LogP contribution is 2.41. The molecule has 1 unspecified atom stereocenters. The molecule has 5 heteroatoms. The van der Waals surface area contributed by atoms with Crippen molar-refractivity contribution in [3.8, 4) is 0 Å². The molecular formula is C18H24N2O3. The molecule has 0 spiro atoms. The lowest BCUT2D eigenvalue weighted by Crippen LogP contribution is -2.40. The van der Waals surface area contributed by atoms with Crippen molar-refractivity contribution in [3.63, 3.8) is 0 Å². The molecule has 5 nitrogen and oxygen atoms in total. The normalized spacial score (nSPS) is 20.1. The molecule has 2 aliphatic rings. The van der Waals surface area contributed by atoms with Gasteiger partial charge in [0.25, 0.3) is 0 Å². The van der Waals surface area contributed by atoms with Crippen LogP contribution in [0.2, 0.25) is 0 Å². The van der Waals surface area contributed by atoms with Crippen molar-refractivity contribution >= 4 is 17.7 Å². The second-order valence-corrected chi connectivity index (χ2v) is 7.35. The van der Waals surface area contributed by atoms with Crippen LogP contribution in [0.5, 0.6) is 0 Å². The summed E-state index contributed by atoms with van der Waals surface area (Å²) in [5.41, 5.74) is 2.98. The quantitative estimate of drug-likeness (QED) is 0.739. The van der Waals surface area contributed by atoms with E-state index in [-0.39, 0.29) is 17.9 Å². The Hall–Kier alpha value is -2.04. The van der Waals surface area contributed by atoms with Crippen LogP contribution in [0.25, 0.3) is 0 Å². The molecule has 1 aromatic rings. The molecule has 124 valence electrons. The van der Waals surface area contributed by atoms with Crippen molar-refractivity contribution in [2.45, 2.75) is 45.6 Å². The van der Waals surface area contributed by atoms with Crippen LogP contribution in [0.15, 0.2) is 18.2 Å². The minimum atomic E-state index is -0.498. The lowest BCUT2D eigenvalue weighted by atomic mass is 9.96. The first kappa shape index (κ1) is 15.8. The summed E-state index contributed by atoms with van der Waals surface area (Å²) in [6.45, 7) is 9.12. The van der Waals surface area contributed by atoms with Crippen LogP contribution in [-0.2, 0) is 16.0 Å². The Morgan fingerprint density at radius 3 is 2.61 bits per heavy atom. The van der Waals surface area contributed by atoms with Gasteiger partial charge in [-0.2, -0.15) is 0 Å². The van der Waals surface area contributed by atoms with Gasteiger partial charge in [-0.15, -0.1) is 0 Å². The SMILES string of the molecule is CC(=O)N1CC2CN(C(=O)OC(C)(C)C)CCc3cccc1c32. The summed E-state index contributed by atoms with van der Waals surface area (Å²) in [6, 6.07) is 6.10. The highest BCUT2D eigenvalue weighted by molar-refractivity contribution is 5.94. The molecule has 0 radical (unpaired) electrons. The summed E-state index contributed by atoms with van der Waals surface area (Å²) in [4.78, 5) is 27.9. The van der Waals surface area contributed by atoms with Crippen molar-refractivity contribution in [1.29, 1.82) is 0 Å². The highest BCUT2D eigenvalue weighted by Gasteiger charge is 2.37. The Bertz CT molecular complexity index is 648. The number of hydrogen-bond donors (Lipinski definition) is 0. The number of anilines is 1. The molecule has 0 bridgehead atoms. The summed E-state index contributed by atoms with van der Waals surface area (Å²) in [5.74, 6) is 0.218. The van der Waals surface area contributed by atoms with E-state index in [1.807, 2.05) is 37.8 Å². The smallest absolute Gasteiger partial charge is 0.410 e. The fourth-order valence-corrected chi connectivity index (χ4v) is 3.49. The van der Waals surface area contributed by atoms with E-state index < -0.39 is 5.60 Å². The van der Waals surface area contributed by atoms with E-state index in [4.69, 9.17) is 4.74 Å². The van der Waals surface area contributed by atoms with Gasteiger partial charge < -0.3 is 14.5 Å². The fraction of sp³-hybridized carbons (Fsp3) is 0.556. The molecule has 0 aromatic heterocycles. The Morgan fingerprint density at radius 2 is 1.96 bits per heavy atom. The van der Waals surface area contributed by atoms with Crippen molar-refractivity contribution in [1.82, 2.24) is 4.90 Å². The zero-order valence-corrected chi connectivity index (χ0v) is 14.3. The first-order chi connectivity index (χ1) is 10.8. The number of carbonyl (C=O) groups excluding carboxylic acids is 2. The van der Waals surface area contributed by atoms with Gasteiger partial charge >= 0.3 is 6.09 Å². The molecule has 1 atom stereocenters. The highest BCUT2D eigenvalue weighted by atomic mass is 16.6. The lowest BCUT2D eigenvalue weighted by Gasteiger charge is -2.28. The van der Waals surface area contributed by atoms with Crippen molar-refractivity contribution in [2.75, 3.05) is 24.5 Å². The van der Waals surface area contributed by atoms with Crippen LogP contribution in [0.1, 0.15) is 44.7 Å². The molecule has 0 saturated heterocycles. The average Bonchev–Trinajstić information content (AvgIpc) is 2.69. The van der Waals surface area contributed by atoms with Crippen LogP contribution < -0.4 is 4.90 Å². The van der Waals surface area contributed by atoms with Gasteiger partial charge in [0, 0.05) is 38.2 Å². The summed E-state index contributed by atoms with van der Waals surface area (Å²) in [7, 11) is 0. The van der Waals surface area contributed by atoms with Gasteiger partial charge in [-0.05, 0) is 44.4 Å². The molecule has 2 heterocycles. The van der Waals surface area contributed by atoms with E-state index in [1.54, 1.807) is 11.8 Å². The van der Waals surface area contributed by atoms with Gasteiger partial charge in [0.2, 0.25) is 5.91 Å². The number of nitrogens with zero attached hydrogens (tertiary/aromatic N) is 2. The maximum Gasteiger partial charge on any atom is 0.410 e. The summed E-state index contributed by atoms with van der Waals surface area (Å²) >= 11 is 0. The standard InChI is InChI=1S/C18H24N2O3/c1-12(21)20-11-14-10-19(17(22)23-18(2,3)4)9-8-13-6-5-7-15(20)16(13)14/h5-7,14H,8-11H2,1-4H3. The first-order valence-electron chi connectivity index (χ1n) is 8.14. The second-order valence-electron chi connectivity index (χ2n) is 7.35.